The molecule has 1 aliphatic rings. The van der Waals surface area contributed by atoms with Crippen LogP contribution in [-0.4, -0.2) is 26.9 Å². The van der Waals surface area contributed by atoms with Crippen molar-refractivity contribution in [2.24, 2.45) is 0 Å². The van der Waals surface area contributed by atoms with Crippen LogP contribution < -0.4 is 20.7 Å². The summed E-state index contributed by atoms with van der Waals surface area (Å²) in [7, 11) is 5.71. The quantitative estimate of drug-likeness (QED) is 0.284. The lowest BCUT2D eigenvalue weighted by atomic mass is 9.82. The Bertz CT molecular complexity index is 1390. The maximum absolute atomic E-state index is 12.6. The molecule has 0 fully saturated rings. The van der Waals surface area contributed by atoms with E-state index in [1.165, 1.54) is 0 Å². The highest BCUT2D eigenvalue weighted by Gasteiger charge is 2.38. The number of anilines is 3. The van der Waals surface area contributed by atoms with E-state index in [1.807, 2.05) is 45.4 Å². The van der Waals surface area contributed by atoms with Gasteiger partial charge in [0.1, 0.15) is 5.75 Å². The van der Waals surface area contributed by atoms with Gasteiger partial charge in [-0.05, 0) is 66.9 Å². The third kappa shape index (κ3) is 3.79. The Morgan fingerprint density at radius 1 is 0.743 bits per heavy atom. The Kier molecular flexibility index (Phi) is 5.69. The molecule has 5 heteroatoms. The number of hydrogen-bond acceptors (Lipinski definition) is 5. The summed E-state index contributed by atoms with van der Waals surface area (Å²) in [6.45, 7) is 1.60. The zero-order chi connectivity index (χ0) is 24.6. The minimum atomic E-state index is -0.858. The molecule has 5 rings (SSSR count). The van der Waals surface area contributed by atoms with Crippen LogP contribution in [0.1, 0.15) is 34.0 Å². The average Bonchev–Trinajstić information content (AvgIpc) is 2.92. The van der Waals surface area contributed by atoms with Crippen molar-refractivity contribution in [1.29, 1.82) is 0 Å². The third-order valence-electron chi connectivity index (χ3n) is 6.75. The third-order valence-corrected chi connectivity index (χ3v) is 6.75. The van der Waals surface area contributed by atoms with Crippen LogP contribution in [0.3, 0.4) is 0 Å². The van der Waals surface area contributed by atoms with E-state index in [9.17, 15) is 4.79 Å². The molecule has 0 aliphatic carbocycles. The van der Waals surface area contributed by atoms with Crippen molar-refractivity contribution in [1.82, 2.24) is 0 Å². The van der Waals surface area contributed by atoms with Crippen molar-refractivity contribution >= 4 is 39.7 Å². The molecule has 0 amide bonds. The molecule has 0 bridgehead atoms. The second-order valence-electron chi connectivity index (χ2n) is 8.73. The first-order valence-electron chi connectivity index (χ1n) is 11.7. The van der Waals surface area contributed by atoms with E-state index in [0.29, 0.717) is 11.3 Å². The molecule has 0 unspecified atom stereocenters. The minimum Gasteiger partial charge on any atom is -0.472 e. The number of ketones is 1. The summed E-state index contributed by atoms with van der Waals surface area (Å²) in [6, 6.07) is 24.6. The molecule has 3 N–H and O–H groups in total. The fourth-order valence-electron chi connectivity index (χ4n) is 4.74. The summed E-state index contributed by atoms with van der Waals surface area (Å²) in [5, 5.41) is 11.5. The van der Waals surface area contributed by atoms with Gasteiger partial charge in [0.25, 0.3) is 0 Å². The molecule has 1 heterocycles. The number of Topliss-reactive ketones (excluding diaryl/α,β-unsaturated/α-hetero) is 1. The highest BCUT2D eigenvalue weighted by atomic mass is 16.5. The molecule has 0 spiro atoms. The average molecular weight is 464 g/mol. The van der Waals surface area contributed by atoms with Gasteiger partial charge >= 0.3 is 0 Å². The Hall–Kier alpha value is -4.25. The molecule has 0 atom stereocenters. The Labute approximate surface area is 205 Å². The van der Waals surface area contributed by atoms with E-state index in [0.717, 1.165) is 44.5 Å². The molecular formula is C30H29N3O2. The first kappa shape index (κ1) is 22.5. The predicted octanol–water partition coefficient (Wildman–Crippen LogP) is 6.52. The normalized spacial score (nSPS) is 13.6. The molecular weight excluding hydrogens is 434 g/mol. The fourth-order valence-corrected chi connectivity index (χ4v) is 4.74. The minimum absolute atomic E-state index is 0.0124. The number of benzene rings is 4. The molecule has 35 heavy (non-hydrogen) atoms. The SMILES string of the molecule is CNc1ccc(C2(c3ccc(NC)cc3)C=Cc3c(C(C)=O)cc4ccc(NC)cc4c3O2)cc1. The zero-order valence-electron chi connectivity index (χ0n) is 20.4. The molecule has 176 valence electrons. The maximum Gasteiger partial charge on any atom is 0.178 e. The van der Waals surface area contributed by atoms with E-state index in [-0.39, 0.29) is 5.78 Å². The number of carbonyl (C=O) groups excluding carboxylic acids is 1. The summed E-state index contributed by atoms with van der Waals surface area (Å²) in [5.74, 6) is 0.723. The van der Waals surface area contributed by atoms with Crippen LogP contribution in [0, 0.1) is 0 Å². The van der Waals surface area contributed by atoms with E-state index in [1.54, 1.807) is 6.92 Å². The Morgan fingerprint density at radius 3 is 1.80 bits per heavy atom. The van der Waals surface area contributed by atoms with Crippen LogP contribution in [0.25, 0.3) is 16.8 Å². The Balaban J connectivity index is 1.79. The summed E-state index contributed by atoms with van der Waals surface area (Å²) in [5.41, 5.74) is 5.65. The van der Waals surface area contributed by atoms with Gasteiger partial charge in [0, 0.05) is 65.8 Å². The Morgan fingerprint density at radius 2 is 1.29 bits per heavy atom. The molecule has 5 nitrogen and oxygen atoms in total. The van der Waals surface area contributed by atoms with Crippen molar-refractivity contribution in [2.75, 3.05) is 37.1 Å². The van der Waals surface area contributed by atoms with Crippen molar-refractivity contribution in [3.63, 3.8) is 0 Å². The van der Waals surface area contributed by atoms with Gasteiger partial charge < -0.3 is 20.7 Å². The number of hydrogen-bond donors (Lipinski definition) is 3. The molecule has 4 aromatic rings. The molecule has 0 saturated heterocycles. The van der Waals surface area contributed by atoms with Crippen molar-refractivity contribution in [3.8, 4) is 5.75 Å². The van der Waals surface area contributed by atoms with Crippen molar-refractivity contribution in [3.05, 3.63) is 101 Å². The number of fused-ring (bicyclic) bond motifs is 3. The highest BCUT2D eigenvalue weighted by molar-refractivity contribution is 6.06. The van der Waals surface area contributed by atoms with Gasteiger partial charge in [-0.25, -0.2) is 0 Å². The number of carbonyl (C=O) groups is 1. The van der Waals surface area contributed by atoms with Gasteiger partial charge in [-0.2, -0.15) is 0 Å². The monoisotopic (exact) mass is 463 g/mol. The first-order chi connectivity index (χ1) is 17.0. The van der Waals surface area contributed by atoms with E-state index < -0.39 is 5.60 Å². The summed E-state index contributed by atoms with van der Waals surface area (Å²) >= 11 is 0. The summed E-state index contributed by atoms with van der Waals surface area (Å²) in [6.07, 6.45) is 4.11. The summed E-state index contributed by atoms with van der Waals surface area (Å²) < 4.78 is 7.03. The van der Waals surface area contributed by atoms with Gasteiger partial charge in [-0.1, -0.05) is 30.3 Å². The fraction of sp³-hybridized carbons (Fsp3) is 0.167. The van der Waals surface area contributed by atoms with Crippen LogP contribution in [0.15, 0.2) is 78.9 Å². The van der Waals surface area contributed by atoms with E-state index in [4.69, 9.17) is 4.74 Å². The van der Waals surface area contributed by atoms with Crippen LogP contribution in [0.2, 0.25) is 0 Å². The van der Waals surface area contributed by atoms with Crippen molar-refractivity contribution < 1.29 is 9.53 Å². The van der Waals surface area contributed by atoms with Gasteiger partial charge in [0.15, 0.2) is 11.4 Å². The highest BCUT2D eigenvalue weighted by Crippen LogP contribution is 2.47. The van der Waals surface area contributed by atoms with Crippen LogP contribution in [0.4, 0.5) is 17.1 Å². The molecule has 0 aromatic heterocycles. The van der Waals surface area contributed by atoms with Gasteiger partial charge in [0.05, 0.1) is 0 Å². The van der Waals surface area contributed by atoms with Gasteiger partial charge in [-0.3, -0.25) is 4.79 Å². The van der Waals surface area contributed by atoms with E-state index >= 15 is 0 Å². The van der Waals surface area contributed by atoms with Gasteiger partial charge in [-0.15, -0.1) is 0 Å². The van der Waals surface area contributed by atoms with E-state index in [2.05, 4.69) is 76.6 Å². The lowest BCUT2D eigenvalue weighted by molar-refractivity contribution is 0.101. The lowest BCUT2D eigenvalue weighted by Gasteiger charge is -2.37. The second-order valence-corrected chi connectivity index (χ2v) is 8.73. The number of ether oxygens (including phenoxy) is 1. The second kappa shape index (κ2) is 8.84. The smallest absolute Gasteiger partial charge is 0.178 e. The maximum atomic E-state index is 12.6. The zero-order valence-corrected chi connectivity index (χ0v) is 20.4. The predicted molar refractivity (Wildman–Crippen MR) is 146 cm³/mol. The standard InChI is InChI=1S/C30H29N3O2/c1-19(34)27-17-20-5-10-25(33-4)18-28(20)29-26(27)15-16-30(35-29,21-6-11-23(31-2)12-7-21)22-8-13-24(32-3)14-9-22/h5-18,31-33H,1-4H3. The number of nitrogens with one attached hydrogen (secondary N) is 3. The number of rotatable bonds is 6. The summed E-state index contributed by atoms with van der Waals surface area (Å²) in [4.78, 5) is 12.6. The lowest BCUT2D eigenvalue weighted by Crippen LogP contribution is -2.34. The molecule has 4 aromatic carbocycles. The van der Waals surface area contributed by atoms with Gasteiger partial charge in [0.2, 0.25) is 0 Å². The van der Waals surface area contributed by atoms with Crippen LogP contribution >= 0.6 is 0 Å². The molecule has 1 aliphatic heterocycles. The largest absolute Gasteiger partial charge is 0.472 e. The van der Waals surface area contributed by atoms with Crippen LogP contribution in [-0.2, 0) is 5.60 Å². The first-order valence-corrected chi connectivity index (χ1v) is 11.7. The molecule has 0 radical (unpaired) electrons. The topological polar surface area (TPSA) is 62.4 Å². The molecule has 0 saturated carbocycles. The van der Waals surface area contributed by atoms with Crippen molar-refractivity contribution in [2.45, 2.75) is 12.5 Å². The van der Waals surface area contributed by atoms with Crippen LogP contribution in [0.5, 0.6) is 5.75 Å².